The molecule has 3 nitrogen and oxygen atoms in total. The molecule has 0 saturated heterocycles. The molecular weight excluding hydrogens is 255 g/mol. The van der Waals surface area contributed by atoms with Crippen molar-refractivity contribution in [1.82, 2.24) is 10.3 Å². The van der Waals surface area contributed by atoms with Crippen LogP contribution in [0.3, 0.4) is 0 Å². The van der Waals surface area contributed by atoms with E-state index in [0.717, 1.165) is 17.8 Å². The summed E-state index contributed by atoms with van der Waals surface area (Å²) in [7, 11) is 0. The van der Waals surface area contributed by atoms with Gasteiger partial charge in [-0.05, 0) is 23.8 Å². The van der Waals surface area contributed by atoms with Crippen LogP contribution in [0.2, 0.25) is 0 Å². The third-order valence-corrected chi connectivity index (χ3v) is 2.78. The van der Waals surface area contributed by atoms with Gasteiger partial charge in [0.15, 0.2) is 0 Å². The van der Waals surface area contributed by atoms with Gasteiger partial charge in [-0.1, -0.05) is 26.0 Å². The lowest BCUT2D eigenvalue weighted by molar-refractivity contribution is 0.299. The smallest absolute Gasteiger partial charge is 0.130 e. The lowest BCUT2D eigenvalue weighted by atomic mass is 10.2. The van der Waals surface area contributed by atoms with E-state index < -0.39 is 0 Å². The second-order valence-electron chi connectivity index (χ2n) is 4.94. The van der Waals surface area contributed by atoms with Gasteiger partial charge in [-0.25, -0.2) is 4.39 Å². The quantitative estimate of drug-likeness (QED) is 0.877. The third-order valence-electron chi connectivity index (χ3n) is 2.78. The van der Waals surface area contributed by atoms with E-state index in [1.54, 1.807) is 12.1 Å². The van der Waals surface area contributed by atoms with Gasteiger partial charge in [0.2, 0.25) is 0 Å². The van der Waals surface area contributed by atoms with Crippen molar-refractivity contribution >= 4 is 0 Å². The van der Waals surface area contributed by atoms with Crippen molar-refractivity contribution in [1.29, 1.82) is 0 Å². The van der Waals surface area contributed by atoms with E-state index in [1.165, 1.54) is 12.1 Å². The number of halogens is 1. The van der Waals surface area contributed by atoms with E-state index in [2.05, 4.69) is 24.1 Å². The number of aromatic nitrogens is 1. The zero-order valence-corrected chi connectivity index (χ0v) is 11.8. The molecule has 1 aromatic carbocycles. The molecule has 0 aliphatic carbocycles. The van der Waals surface area contributed by atoms with Gasteiger partial charge in [0.05, 0.1) is 5.69 Å². The number of nitrogens with zero attached hydrogens (tertiary/aromatic N) is 1. The van der Waals surface area contributed by atoms with Gasteiger partial charge in [0, 0.05) is 24.8 Å². The van der Waals surface area contributed by atoms with E-state index >= 15 is 0 Å². The Morgan fingerprint density at radius 3 is 2.75 bits per heavy atom. The standard InChI is InChI=1S/C16H19FN2O/c1-12(2)18-9-13-6-7-15(19-10-13)11-20-16-5-3-4-14(17)8-16/h3-8,10,12,18H,9,11H2,1-2H3. The van der Waals surface area contributed by atoms with Crippen LogP contribution in [0.4, 0.5) is 4.39 Å². The van der Waals surface area contributed by atoms with Crippen LogP contribution in [0, 0.1) is 5.82 Å². The summed E-state index contributed by atoms with van der Waals surface area (Å²) in [4.78, 5) is 4.34. The van der Waals surface area contributed by atoms with Crippen molar-refractivity contribution in [2.45, 2.75) is 33.0 Å². The number of ether oxygens (including phenoxy) is 1. The van der Waals surface area contributed by atoms with Gasteiger partial charge in [-0.3, -0.25) is 4.98 Å². The van der Waals surface area contributed by atoms with Crippen LogP contribution in [0.1, 0.15) is 25.1 Å². The van der Waals surface area contributed by atoms with E-state index in [1.807, 2.05) is 18.3 Å². The largest absolute Gasteiger partial charge is 0.487 e. The Hall–Kier alpha value is -1.94. The molecule has 0 unspecified atom stereocenters. The molecule has 1 heterocycles. The Morgan fingerprint density at radius 2 is 2.10 bits per heavy atom. The first kappa shape index (κ1) is 14.5. The van der Waals surface area contributed by atoms with Crippen LogP contribution in [0.25, 0.3) is 0 Å². The lowest BCUT2D eigenvalue weighted by Gasteiger charge is -2.09. The summed E-state index contributed by atoms with van der Waals surface area (Å²) in [5, 5.41) is 3.33. The van der Waals surface area contributed by atoms with Crippen LogP contribution in [-0.4, -0.2) is 11.0 Å². The van der Waals surface area contributed by atoms with Crippen molar-refractivity contribution in [3.05, 3.63) is 59.7 Å². The molecule has 0 aliphatic rings. The summed E-state index contributed by atoms with van der Waals surface area (Å²) in [5.41, 5.74) is 1.95. The summed E-state index contributed by atoms with van der Waals surface area (Å²) in [6.07, 6.45) is 1.83. The van der Waals surface area contributed by atoms with Crippen LogP contribution < -0.4 is 10.1 Å². The topological polar surface area (TPSA) is 34.1 Å². The summed E-state index contributed by atoms with van der Waals surface area (Å²) in [6.45, 7) is 5.35. The number of rotatable bonds is 6. The number of benzene rings is 1. The molecule has 0 bridgehead atoms. The van der Waals surface area contributed by atoms with E-state index in [0.29, 0.717) is 18.4 Å². The predicted octanol–water partition coefficient (Wildman–Crippen LogP) is 3.30. The molecule has 20 heavy (non-hydrogen) atoms. The van der Waals surface area contributed by atoms with Crippen molar-refractivity contribution in [3.8, 4) is 5.75 Å². The van der Waals surface area contributed by atoms with Gasteiger partial charge in [0.1, 0.15) is 18.2 Å². The van der Waals surface area contributed by atoms with E-state index in [-0.39, 0.29) is 5.82 Å². The molecular formula is C16H19FN2O. The lowest BCUT2D eigenvalue weighted by Crippen LogP contribution is -2.21. The summed E-state index contributed by atoms with van der Waals surface area (Å²) < 4.78 is 18.5. The minimum absolute atomic E-state index is 0.300. The minimum atomic E-state index is -0.300. The Balaban J connectivity index is 1.87. The summed E-state index contributed by atoms with van der Waals surface area (Å²) in [6, 6.07) is 10.5. The molecule has 2 aromatic rings. The molecule has 0 spiro atoms. The molecule has 1 aromatic heterocycles. The summed E-state index contributed by atoms with van der Waals surface area (Å²) >= 11 is 0. The fourth-order valence-corrected chi connectivity index (χ4v) is 1.68. The molecule has 0 aliphatic heterocycles. The SMILES string of the molecule is CC(C)NCc1ccc(COc2cccc(F)c2)nc1. The van der Waals surface area contributed by atoms with E-state index in [9.17, 15) is 4.39 Å². The van der Waals surface area contributed by atoms with Gasteiger partial charge >= 0.3 is 0 Å². The van der Waals surface area contributed by atoms with Crippen LogP contribution in [-0.2, 0) is 13.2 Å². The Labute approximate surface area is 118 Å². The van der Waals surface area contributed by atoms with Crippen molar-refractivity contribution in [2.75, 3.05) is 0 Å². The Kier molecular flexibility index (Phi) is 5.07. The average molecular weight is 274 g/mol. The second-order valence-corrected chi connectivity index (χ2v) is 4.94. The van der Waals surface area contributed by atoms with Gasteiger partial charge < -0.3 is 10.1 Å². The Morgan fingerprint density at radius 1 is 1.25 bits per heavy atom. The molecule has 4 heteroatoms. The van der Waals surface area contributed by atoms with Crippen LogP contribution in [0.5, 0.6) is 5.75 Å². The maximum atomic E-state index is 13.0. The molecule has 0 radical (unpaired) electrons. The predicted molar refractivity (Wildman–Crippen MR) is 76.9 cm³/mol. The van der Waals surface area contributed by atoms with Crippen LogP contribution >= 0.6 is 0 Å². The summed E-state index contributed by atoms with van der Waals surface area (Å²) in [5.74, 6) is 0.211. The second kappa shape index (κ2) is 7.01. The minimum Gasteiger partial charge on any atom is -0.487 e. The zero-order chi connectivity index (χ0) is 14.4. The number of nitrogens with one attached hydrogen (secondary N) is 1. The molecule has 0 amide bonds. The zero-order valence-electron chi connectivity index (χ0n) is 11.8. The first-order valence-electron chi connectivity index (χ1n) is 6.69. The average Bonchev–Trinajstić information content (AvgIpc) is 2.44. The molecule has 106 valence electrons. The fraction of sp³-hybridized carbons (Fsp3) is 0.312. The number of hydrogen-bond donors (Lipinski definition) is 1. The fourth-order valence-electron chi connectivity index (χ4n) is 1.68. The van der Waals surface area contributed by atoms with Crippen LogP contribution in [0.15, 0.2) is 42.6 Å². The maximum Gasteiger partial charge on any atom is 0.130 e. The molecule has 1 N–H and O–H groups in total. The highest BCUT2D eigenvalue weighted by molar-refractivity contribution is 5.23. The van der Waals surface area contributed by atoms with Gasteiger partial charge in [0.25, 0.3) is 0 Å². The Bertz CT molecular complexity index is 540. The first-order valence-corrected chi connectivity index (χ1v) is 6.69. The van der Waals surface area contributed by atoms with Gasteiger partial charge in [-0.15, -0.1) is 0 Å². The van der Waals surface area contributed by atoms with Crippen molar-refractivity contribution in [3.63, 3.8) is 0 Å². The highest BCUT2D eigenvalue weighted by Gasteiger charge is 2.00. The van der Waals surface area contributed by atoms with Gasteiger partial charge in [-0.2, -0.15) is 0 Å². The highest BCUT2D eigenvalue weighted by Crippen LogP contribution is 2.13. The normalized spacial score (nSPS) is 10.8. The van der Waals surface area contributed by atoms with E-state index in [4.69, 9.17) is 4.74 Å². The number of hydrogen-bond acceptors (Lipinski definition) is 3. The maximum absolute atomic E-state index is 13.0. The molecule has 2 rings (SSSR count). The van der Waals surface area contributed by atoms with Crippen molar-refractivity contribution < 1.29 is 9.13 Å². The highest BCUT2D eigenvalue weighted by atomic mass is 19.1. The first-order chi connectivity index (χ1) is 9.63. The molecule has 0 atom stereocenters. The van der Waals surface area contributed by atoms with Crippen molar-refractivity contribution in [2.24, 2.45) is 0 Å². The third kappa shape index (κ3) is 4.63. The molecule has 0 fully saturated rings. The number of pyridine rings is 1. The monoisotopic (exact) mass is 274 g/mol. The molecule has 0 saturated carbocycles.